The molecule has 0 saturated carbocycles. The number of carbonyl (C=O) groups is 1. The summed E-state index contributed by atoms with van der Waals surface area (Å²) in [4.78, 5) is 12.4. The molecule has 3 rings (SSSR count). The Hall–Kier alpha value is -2.66. The maximum absolute atomic E-state index is 12.4. The number of rotatable bonds is 4. The number of aromatic nitrogens is 2. The molecule has 0 amide bonds. The number of nitrogens with zero attached hydrogens (tertiary/aromatic N) is 2. The first-order valence-corrected chi connectivity index (χ1v) is 6.22. The Balaban J connectivity index is 1.99. The molecule has 3 aromatic rings. The lowest BCUT2D eigenvalue weighted by atomic mass is 10.2. The van der Waals surface area contributed by atoms with Gasteiger partial charge in [-0.2, -0.15) is 5.10 Å². The van der Waals surface area contributed by atoms with Crippen LogP contribution >= 0.6 is 0 Å². The number of benzene rings is 1. The SMILES string of the molecule is NCc1ccc(C(=O)c2ccnn2-c2ccccc2)o1. The zero-order valence-electron chi connectivity index (χ0n) is 10.7. The van der Waals surface area contributed by atoms with Crippen LogP contribution in [0.15, 0.2) is 59.1 Å². The highest BCUT2D eigenvalue weighted by Crippen LogP contribution is 2.16. The van der Waals surface area contributed by atoms with Gasteiger partial charge in [-0.25, -0.2) is 4.68 Å². The molecule has 0 aliphatic heterocycles. The van der Waals surface area contributed by atoms with E-state index < -0.39 is 0 Å². The molecule has 20 heavy (non-hydrogen) atoms. The molecule has 100 valence electrons. The normalized spacial score (nSPS) is 10.7. The first kappa shape index (κ1) is 12.4. The quantitative estimate of drug-likeness (QED) is 0.735. The standard InChI is InChI=1S/C15H13N3O2/c16-10-12-6-7-14(20-12)15(19)13-8-9-17-18(13)11-4-2-1-3-5-11/h1-9H,10,16H2. The van der Waals surface area contributed by atoms with Crippen molar-refractivity contribution in [3.05, 3.63) is 71.9 Å². The summed E-state index contributed by atoms with van der Waals surface area (Å²) in [6, 6.07) is 14.5. The maximum Gasteiger partial charge on any atom is 0.246 e. The Morgan fingerprint density at radius 2 is 1.95 bits per heavy atom. The van der Waals surface area contributed by atoms with Crippen molar-refractivity contribution < 1.29 is 9.21 Å². The van der Waals surface area contributed by atoms with E-state index in [1.54, 1.807) is 29.1 Å². The summed E-state index contributed by atoms with van der Waals surface area (Å²) >= 11 is 0. The Kier molecular flexibility index (Phi) is 3.18. The molecular weight excluding hydrogens is 254 g/mol. The number of para-hydroxylation sites is 1. The fraction of sp³-hybridized carbons (Fsp3) is 0.0667. The topological polar surface area (TPSA) is 74.1 Å². The van der Waals surface area contributed by atoms with Crippen LogP contribution in [0, 0.1) is 0 Å². The van der Waals surface area contributed by atoms with Crippen LogP contribution in [0.4, 0.5) is 0 Å². The second-order valence-corrected chi connectivity index (χ2v) is 4.26. The summed E-state index contributed by atoms with van der Waals surface area (Å²) in [5.74, 6) is 0.633. The Labute approximate surface area is 115 Å². The highest BCUT2D eigenvalue weighted by Gasteiger charge is 2.18. The summed E-state index contributed by atoms with van der Waals surface area (Å²) in [7, 11) is 0. The second-order valence-electron chi connectivity index (χ2n) is 4.26. The van der Waals surface area contributed by atoms with E-state index in [9.17, 15) is 4.79 Å². The van der Waals surface area contributed by atoms with Gasteiger partial charge in [0, 0.05) is 0 Å². The molecule has 1 aromatic carbocycles. The number of ketones is 1. The van der Waals surface area contributed by atoms with Gasteiger partial charge >= 0.3 is 0 Å². The zero-order chi connectivity index (χ0) is 13.9. The van der Waals surface area contributed by atoms with E-state index in [1.807, 2.05) is 30.3 Å². The van der Waals surface area contributed by atoms with Crippen molar-refractivity contribution in [3.63, 3.8) is 0 Å². The molecule has 0 saturated heterocycles. The molecule has 5 nitrogen and oxygen atoms in total. The molecule has 0 aliphatic rings. The molecule has 0 atom stereocenters. The molecule has 5 heteroatoms. The van der Waals surface area contributed by atoms with Crippen molar-refractivity contribution in [2.24, 2.45) is 5.73 Å². The van der Waals surface area contributed by atoms with E-state index in [0.29, 0.717) is 11.5 Å². The van der Waals surface area contributed by atoms with Crippen LogP contribution in [0.2, 0.25) is 0 Å². The van der Waals surface area contributed by atoms with Gasteiger partial charge in [0.25, 0.3) is 0 Å². The summed E-state index contributed by atoms with van der Waals surface area (Å²) in [6.45, 7) is 0.269. The van der Waals surface area contributed by atoms with Gasteiger partial charge in [-0.1, -0.05) is 18.2 Å². The van der Waals surface area contributed by atoms with E-state index in [2.05, 4.69) is 5.10 Å². The highest BCUT2D eigenvalue weighted by molar-refractivity contribution is 6.06. The van der Waals surface area contributed by atoms with Crippen LogP contribution in [0.25, 0.3) is 5.69 Å². The van der Waals surface area contributed by atoms with E-state index in [0.717, 1.165) is 5.69 Å². The van der Waals surface area contributed by atoms with Gasteiger partial charge in [0.2, 0.25) is 5.78 Å². The lowest BCUT2D eigenvalue weighted by Gasteiger charge is -2.05. The highest BCUT2D eigenvalue weighted by atomic mass is 16.3. The van der Waals surface area contributed by atoms with Crippen LogP contribution in [0.3, 0.4) is 0 Å². The molecule has 0 fully saturated rings. The van der Waals surface area contributed by atoms with Crippen LogP contribution in [-0.2, 0) is 6.54 Å². The van der Waals surface area contributed by atoms with Gasteiger partial charge in [-0.15, -0.1) is 0 Å². The van der Waals surface area contributed by atoms with Gasteiger partial charge in [-0.05, 0) is 30.3 Å². The summed E-state index contributed by atoms with van der Waals surface area (Å²) in [5.41, 5.74) is 6.76. The van der Waals surface area contributed by atoms with Gasteiger partial charge in [0.15, 0.2) is 5.76 Å². The average Bonchev–Trinajstić information content (AvgIpc) is 3.16. The number of furan rings is 1. The molecule has 0 unspecified atom stereocenters. The summed E-state index contributed by atoms with van der Waals surface area (Å²) in [5, 5.41) is 4.19. The Morgan fingerprint density at radius 1 is 1.15 bits per heavy atom. The predicted molar refractivity (Wildman–Crippen MR) is 73.6 cm³/mol. The van der Waals surface area contributed by atoms with Crippen molar-refractivity contribution in [1.29, 1.82) is 0 Å². The number of hydrogen-bond donors (Lipinski definition) is 1. The minimum absolute atomic E-state index is 0.217. The van der Waals surface area contributed by atoms with Crippen LogP contribution < -0.4 is 5.73 Å². The molecular formula is C15H13N3O2. The van der Waals surface area contributed by atoms with Crippen molar-refractivity contribution in [3.8, 4) is 5.69 Å². The lowest BCUT2D eigenvalue weighted by molar-refractivity contribution is 0.1000. The summed E-state index contributed by atoms with van der Waals surface area (Å²) in [6.07, 6.45) is 1.59. The van der Waals surface area contributed by atoms with Crippen molar-refractivity contribution in [2.45, 2.75) is 6.54 Å². The van der Waals surface area contributed by atoms with Gasteiger partial charge in [0.05, 0.1) is 18.4 Å². The van der Waals surface area contributed by atoms with E-state index >= 15 is 0 Å². The average molecular weight is 267 g/mol. The van der Waals surface area contributed by atoms with Gasteiger partial charge in [0.1, 0.15) is 11.5 Å². The molecule has 2 heterocycles. The number of hydrogen-bond acceptors (Lipinski definition) is 4. The molecule has 2 N–H and O–H groups in total. The zero-order valence-corrected chi connectivity index (χ0v) is 10.7. The molecule has 0 radical (unpaired) electrons. The Morgan fingerprint density at radius 3 is 2.65 bits per heavy atom. The molecule has 2 aromatic heterocycles. The fourth-order valence-electron chi connectivity index (χ4n) is 1.99. The fourth-order valence-corrected chi connectivity index (χ4v) is 1.99. The first-order chi connectivity index (χ1) is 9.79. The van der Waals surface area contributed by atoms with Crippen molar-refractivity contribution in [1.82, 2.24) is 9.78 Å². The largest absolute Gasteiger partial charge is 0.456 e. The third-order valence-corrected chi connectivity index (χ3v) is 2.96. The van der Waals surface area contributed by atoms with Crippen molar-refractivity contribution >= 4 is 5.78 Å². The number of carbonyl (C=O) groups excluding carboxylic acids is 1. The van der Waals surface area contributed by atoms with Crippen LogP contribution in [0.5, 0.6) is 0 Å². The first-order valence-electron chi connectivity index (χ1n) is 6.22. The van der Waals surface area contributed by atoms with Crippen LogP contribution in [0.1, 0.15) is 22.0 Å². The third-order valence-electron chi connectivity index (χ3n) is 2.96. The smallest absolute Gasteiger partial charge is 0.246 e. The van der Waals surface area contributed by atoms with Gasteiger partial charge in [-0.3, -0.25) is 4.79 Å². The van der Waals surface area contributed by atoms with E-state index in [1.165, 1.54) is 0 Å². The van der Waals surface area contributed by atoms with E-state index in [-0.39, 0.29) is 18.1 Å². The monoisotopic (exact) mass is 267 g/mol. The van der Waals surface area contributed by atoms with Gasteiger partial charge < -0.3 is 10.2 Å². The molecule has 0 aliphatic carbocycles. The maximum atomic E-state index is 12.4. The molecule has 0 spiro atoms. The van der Waals surface area contributed by atoms with Crippen molar-refractivity contribution in [2.75, 3.05) is 0 Å². The molecule has 0 bridgehead atoms. The Bertz CT molecular complexity index is 728. The summed E-state index contributed by atoms with van der Waals surface area (Å²) < 4.78 is 6.98. The van der Waals surface area contributed by atoms with Crippen LogP contribution in [-0.4, -0.2) is 15.6 Å². The third kappa shape index (κ3) is 2.15. The predicted octanol–water partition coefficient (Wildman–Crippen LogP) is 2.16. The second kappa shape index (κ2) is 5.14. The van der Waals surface area contributed by atoms with E-state index in [4.69, 9.17) is 10.2 Å². The number of nitrogens with two attached hydrogens (primary N) is 1. The lowest BCUT2D eigenvalue weighted by Crippen LogP contribution is -2.09. The minimum Gasteiger partial charge on any atom is -0.456 e. The minimum atomic E-state index is -0.217.